The van der Waals surface area contributed by atoms with Crippen molar-refractivity contribution < 1.29 is 22.0 Å². The number of anilines is 1. The Bertz CT molecular complexity index is 653. The summed E-state index contributed by atoms with van der Waals surface area (Å²) in [5.41, 5.74) is -0.434. The predicted octanol–water partition coefficient (Wildman–Crippen LogP) is 1.27. The minimum atomic E-state index is -3.16. The Hall–Kier alpha value is -1.70. The lowest BCUT2D eigenvalue weighted by molar-refractivity contribution is 0.0711. The zero-order valence-corrected chi connectivity index (χ0v) is 12.5. The van der Waals surface area contributed by atoms with Gasteiger partial charge in [-0.15, -0.1) is 0 Å². The first-order valence-corrected chi connectivity index (χ1v) is 8.25. The van der Waals surface area contributed by atoms with E-state index < -0.39 is 33.4 Å². The lowest BCUT2D eigenvalue weighted by Crippen LogP contribution is -2.49. The molecule has 1 aromatic carbocycles. The Labute approximate surface area is 121 Å². The number of rotatable bonds is 2. The molecule has 0 spiro atoms. The van der Waals surface area contributed by atoms with Crippen LogP contribution in [0, 0.1) is 11.6 Å². The van der Waals surface area contributed by atoms with Crippen LogP contribution < -0.4 is 5.32 Å². The molecule has 1 aliphatic rings. The molecule has 0 saturated carbocycles. The molecule has 0 aliphatic carbocycles. The summed E-state index contributed by atoms with van der Waals surface area (Å²) in [5.74, 6) is -2.57. The van der Waals surface area contributed by atoms with Gasteiger partial charge >= 0.3 is 0 Å². The molecule has 8 heteroatoms. The maximum atomic E-state index is 13.7. The van der Waals surface area contributed by atoms with E-state index in [-0.39, 0.29) is 29.3 Å². The highest BCUT2D eigenvalue weighted by molar-refractivity contribution is 7.91. The Balaban J connectivity index is 2.29. The normalized spacial score (nSPS) is 21.1. The highest BCUT2D eigenvalue weighted by Gasteiger charge is 2.32. The second-order valence-corrected chi connectivity index (χ2v) is 7.26. The maximum absolute atomic E-state index is 13.7. The fraction of sp³-hybridized carbons (Fsp3) is 0.462. The molecule has 1 atom stereocenters. The number of nitrogens with zero attached hydrogens (tertiary/aromatic N) is 1. The van der Waals surface area contributed by atoms with Crippen LogP contribution in [0.1, 0.15) is 17.3 Å². The van der Waals surface area contributed by atoms with Crippen LogP contribution >= 0.6 is 0 Å². The molecule has 1 aliphatic heterocycles. The largest absolute Gasteiger partial charge is 0.383 e. The monoisotopic (exact) mass is 318 g/mol. The second-order valence-electron chi connectivity index (χ2n) is 5.03. The van der Waals surface area contributed by atoms with Crippen molar-refractivity contribution in [2.24, 2.45) is 0 Å². The number of amides is 1. The Morgan fingerprint density at radius 1 is 1.33 bits per heavy atom. The van der Waals surface area contributed by atoms with Crippen LogP contribution in [-0.4, -0.2) is 50.4 Å². The Kier molecular flexibility index (Phi) is 4.18. The molecule has 1 aromatic rings. The summed E-state index contributed by atoms with van der Waals surface area (Å²) in [6, 6.07) is 1.38. The van der Waals surface area contributed by atoms with Gasteiger partial charge in [0.25, 0.3) is 5.91 Å². The molecular weight excluding hydrogens is 302 g/mol. The van der Waals surface area contributed by atoms with Crippen LogP contribution in [0.3, 0.4) is 0 Å². The summed E-state index contributed by atoms with van der Waals surface area (Å²) in [5, 5.41) is 2.37. The molecule has 1 N–H and O–H groups in total. The van der Waals surface area contributed by atoms with Crippen molar-refractivity contribution in [1.82, 2.24) is 4.90 Å². The van der Waals surface area contributed by atoms with Gasteiger partial charge in [0.2, 0.25) is 0 Å². The Morgan fingerprint density at radius 2 is 1.90 bits per heavy atom. The molecule has 1 saturated heterocycles. The molecule has 116 valence electrons. The van der Waals surface area contributed by atoms with Gasteiger partial charge in [-0.3, -0.25) is 4.79 Å². The van der Waals surface area contributed by atoms with Crippen molar-refractivity contribution in [3.8, 4) is 0 Å². The molecule has 1 heterocycles. The minimum absolute atomic E-state index is 0.0271. The van der Waals surface area contributed by atoms with E-state index in [0.29, 0.717) is 0 Å². The van der Waals surface area contributed by atoms with Crippen molar-refractivity contribution in [3.05, 3.63) is 29.3 Å². The first-order chi connectivity index (χ1) is 9.75. The van der Waals surface area contributed by atoms with Crippen LogP contribution in [0.15, 0.2) is 12.1 Å². The van der Waals surface area contributed by atoms with E-state index in [1.807, 2.05) is 0 Å². The predicted molar refractivity (Wildman–Crippen MR) is 75.1 cm³/mol. The number of halogens is 2. The van der Waals surface area contributed by atoms with E-state index in [1.165, 1.54) is 11.9 Å². The third-order valence-electron chi connectivity index (χ3n) is 3.47. The maximum Gasteiger partial charge on any atom is 0.254 e. The van der Waals surface area contributed by atoms with Gasteiger partial charge in [-0.2, -0.15) is 0 Å². The summed E-state index contributed by atoms with van der Waals surface area (Å²) in [4.78, 5) is 13.6. The zero-order chi connectivity index (χ0) is 15.8. The van der Waals surface area contributed by atoms with Crippen molar-refractivity contribution in [3.63, 3.8) is 0 Å². The summed E-state index contributed by atoms with van der Waals surface area (Å²) in [7, 11) is -1.78. The number of nitrogens with one attached hydrogen (secondary N) is 1. The zero-order valence-electron chi connectivity index (χ0n) is 11.7. The van der Waals surface area contributed by atoms with Gasteiger partial charge in [0.15, 0.2) is 9.84 Å². The molecular formula is C13H16F2N2O3S. The average molecular weight is 318 g/mol. The molecule has 5 nitrogen and oxygen atoms in total. The van der Waals surface area contributed by atoms with E-state index in [0.717, 1.165) is 12.1 Å². The molecule has 0 radical (unpaired) electrons. The van der Waals surface area contributed by atoms with Crippen molar-refractivity contribution in [2.45, 2.75) is 13.0 Å². The number of benzene rings is 1. The van der Waals surface area contributed by atoms with Crippen LogP contribution in [-0.2, 0) is 9.84 Å². The first-order valence-electron chi connectivity index (χ1n) is 6.43. The number of sulfone groups is 1. The molecule has 21 heavy (non-hydrogen) atoms. The van der Waals surface area contributed by atoms with Gasteiger partial charge in [-0.25, -0.2) is 17.2 Å². The summed E-state index contributed by atoms with van der Waals surface area (Å²) in [6.45, 7) is 1.63. The van der Waals surface area contributed by atoms with Crippen LogP contribution in [0.2, 0.25) is 0 Å². The standard InChI is InChI=1S/C13H16F2N2O3S/c1-8-7-21(19,20)4-3-17(8)13(18)9-5-10(14)12(16-2)11(15)6-9/h5-6,8,16H,3-4,7H2,1-2H3. The van der Waals surface area contributed by atoms with Gasteiger partial charge in [-0.05, 0) is 19.1 Å². The van der Waals surface area contributed by atoms with Crippen molar-refractivity contribution in [1.29, 1.82) is 0 Å². The molecule has 0 bridgehead atoms. The molecule has 0 aromatic heterocycles. The van der Waals surface area contributed by atoms with E-state index >= 15 is 0 Å². The highest BCUT2D eigenvalue weighted by atomic mass is 32.2. The van der Waals surface area contributed by atoms with Gasteiger partial charge in [0.1, 0.15) is 17.3 Å². The first kappa shape index (κ1) is 15.7. The molecule has 1 unspecified atom stereocenters. The third kappa shape index (κ3) is 3.15. The fourth-order valence-corrected chi connectivity index (χ4v) is 3.96. The third-order valence-corrected chi connectivity index (χ3v) is 5.27. The van der Waals surface area contributed by atoms with Crippen LogP contribution in [0.5, 0.6) is 0 Å². The average Bonchev–Trinajstić information content (AvgIpc) is 2.36. The summed E-state index contributed by atoms with van der Waals surface area (Å²) < 4.78 is 50.4. The van der Waals surface area contributed by atoms with Crippen LogP contribution in [0.4, 0.5) is 14.5 Å². The van der Waals surface area contributed by atoms with Gasteiger partial charge in [0.05, 0.1) is 11.5 Å². The highest BCUT2D eigenvalue weighted by Crippen LogP contribution is 2.22. The number of carbonyl (C=O) groups is 1. The van der Waals surface area contributed by atoms with Gasteiger partial charge in [-0.1, -0.05) is 0 Å². The lowest BCUT2D eigenvalue weighted by atomic mass is 10.1. The number of hydrogen-bond acceptors (Lipinski definition) is 4. The van der Waals surface area contributed by atoms with Crippen molar-refractivity contribution >= 4 is 21.4 Å². The lowest BCUT2D eigenvalue weighted by Gasteiger charge is -2.33. The fourth-order valence-electron chi connectivity index (χ4n) is 2.40. The van der Waals surface area contributed by atoms with Crippen molar-refractivity contribution in [2.75, 3.05) is 30.4 Å². The van der Waals surface area contributed by atoms with Gasteiger partial charge in [0, 0.05) is 25.2 Å². The Morgan fingerprint density at radius 3 is 2.38 bits per heavy atom. The topological polar surface area (TPSA) is 66.5 Å². The number of hydrogen-bond donors (Lipinski definition) is 1. The van der Waals surface area contributed by atoms with E-state index in [4.69, 9.17) is 0 Å². The molecule has 2 rings (SSSR count). The van der Waals surface area contributed by atoms with E-state index in [2.05, 4.69) is 5.32 Å². The quantitative estimate of drug-likeness (QED) is 0.892. The SMILES string of the molecule is CNc1c(F)cc(C(=O)N2CCS(=O)(=O)CC2C)cc1F. The molecule has 1 amide bonds. The summed E-state index contributed by atoms with van der Waals surface area (Å²) in [6.07, 6.45) is 0. The summed E-state index contributed by atoms with van der Waals surface area (Å²) >= 11 is 0. The molecule has 1 fully saturated rings. The van der Waals surface area contributed by atoms with E-state index in [9.17, 15) is 22.0 Å². The van der Waals surface area contributed by atoms with Crippen LogP contribution in [0.25, 0.3) is 0 Å². The van der Waals surface area contributed by atoms with Gasteiger partial charge < -0.3 is 10.2 Å². The smallest absolute Gasteiger partial charge is 0.254 e. The van der Waals surface area contributed by atoms with E-state index in [1.54, 1.807) is 6.92 Å². The number of carbonyl (C=O) groups excluding carboxylic acids is 1. The second kappa shape index (κ2) is 5.59. The minimum Gasteiger partial charge on any atom is -0.383 e.